The minimum Gasteiger partial charge on any atom is -0.347 e. The Balaban J connectivity index is 1.67. The number of amides is 2. The maximum Gasteiger partial charge on any atom is 0.264 e. The molecule has 4 rings (SSSR count). The fraction of sp³-hybridized carbons (Fsp3) is 0.148. The normalized spacial score (nSPS) is 16.8. The lowest BCUT2D eigenvalue weighted by molar-refractivity contribution is -0.117. The molecule has 0 aromatic heterocycles. The van der Waals surface area contributed by atoms with Crippen LogP contribution in [0, 0.1) is 24.1 Å². The van der Waals surface area contributed by atoms with E-state index in [4.69, 9.17) is 0 Å². The molecule has 1 aliphatic heterocycles. The lowest BCUT2D eigenvalue weighted by Gasteiger charge is -2.18. The van der Waals surface area contributed by atoms with Gasteiger partial charge in [-0.25, -0.2) is 4.39 Å². The standard InChI is InChI=1S/C27H22FN3O2S/c1-18-6-5-9-20(14-18)15-24-26(33)31(22-12-10-21(28)11-13-22)27(34-24)23(16-29)25(32)30-17-19-7-3-2-4-8-19/h2-14,24H,15,17H2,1H3,(H,30,32). The van der Waals surface area contributed by atoms with E-state index in [-0.39, 0.29) is 23.1 Å². The summed E-state index contributed by atoms with van der Waals surface area (Å²) in [7, 11) is 0. The minimum absolute atomic E-state index is 0.148. The van der Waals surface area contributed by atoms with Crippen molar-refractivity contribution in [2.45, 2.75) is 25.1 Å². The Labute approximate surface area is 201 Å². The van der Waals surface area contributed by atoms with Gasteiger partial charge in [-0.2, -0.15) is 5.26 Å². The zero-order valence-corrected chi connectivity index (χ0v) is 19.3. The molecule has 1 atom stereocenters. The van der Waals surface area contributed by atoms with Crippen LogP contribution in [0.1, 0.15) is 16.7 Å². The third-order valence-corrected chi connectivity index (χ3v) is 6.65. The van der Waals surface area contributed by atoms with Crippen molar-refractivity contribution >= 4 is 29.3 Å². The van der Waals surface area contributed by atoms with E-state index in [0.717, 1.165) is 16.7 Å². The zero-order valence-electron chi connectivity index (χ0n) is 18.5. The van der Waals surface area contributed by atoms with Crippen LogP contribution in [-0.2, 0) is 22.6 Å². The fourth-order valence-corrected chi connectivity index (χ4v) is 5.04. The van der Waals surface area contributed by atoms with Gasteiger partial charge in [-0.3, -0.25) is 14.5 Å². The Hall–Kier alpha value is -3.89. The van der Waals surface area contributed by atoms with Crippen LogP contribution >= 0.6 is 11.8 Å². The topological polar surface area (TPSA) is 73.2 Å². The monoisotopic (exact) mass is 471 g/mol. The van der Waals surface area contributed by atoms with E-state index in [9.17, 15) is 19.2 Å². The molecule has 0 spiro atoms. The summed E-state index contributed by atoms with van der Waals surface area (Å²) in [6, 6.07) is 24.6. The van der Waals surface area contributed by atoms with Crippen molar-refractivity contribution in [3.05, 3.63) is 112 Å². The smallest absolute Gasteiger partial charge is 0.264 e. The number of nitrogens with one attached hydrogen (secondary N) is 1. The van der Waals surface area contributed by atoms with Gasteiger partial charge in [0.05, 0.1) is 5.25 Å². The Morgan fingerprint density at radius 2 is 1.76 bits per heavy atom. The number of carbonyl (C=O) groups excluding carboxylic acids is 2. The Morgan fingerprint density at radius 3 is 2.44 bits per heavy atom. The first-order valence-electron chi connectivity index (χ1n) is 10.7. The van der Waals surface area contributed by atoms with Crippen molar-refractivity contribution in [1.29, 1.82) is 5.26 Å². The predicted molar refractivity (Wildman–Crippen MR) is 131 cm³/mol. The van der Waals surface area contributed by atoms with E-state index < -0.39 is 17.0 Å². The molecule has 5 nitrogen and oxygen atoms in total. The molecule has 0 saturated carbocycles. The number of thioether (sulfide) groups is 1. The summed E-state index contributed by atoms with van der Waals surface area (Å²) in [5, 5.41) is 12.4. The SMILES string of the molecule is Cc1cccc(CC2SC(=C(C#N)C(=O)NCc3ccccc3)N(c3ccc(F)cc3)C2=O)c1. The number of hydrogen-bond acceptors (Lipinski definition) is 4. The summed E-state index contributed by atoms with van der Waals surface area (Å²) in [5.41, 5.74) is 3.21. The van der Waals surface area contributed by atoms with Crippen molar-refractivity contribution in [2.75, 3.05) is 4.90 Å². The van der Waals surface area contributed by atoms with Crippen LogP contribution in [0.3, 0.4) is 0 Å². The van der Waals surface area contributed by atoms with E-state index in [1.807, 2.05) is 67.6 Å². The Bertz CT molecular complexity index is 1280. The maximum absolute atomic E-state index is 13.5. The van der Waals surface area contributed by atoms with E-state index in [1.54, 1.807) is 0 Å². The average Bonchev–Trinajstić information content (AvgIpc) is 3.15. The number of hydrogen-bond donors (Lipinski definition) is 1. The number of nitrogens with zero attached hydrogens (tertiary/aromatic N) is 2. The largest absolute Gasteiger partial charge is 0.347 e. The van der Waals surface area contributed by atoms with E-state index in [0.29, 0.717) is 12.1 Å². The lowest BCUT2D eigenvalue weighted by atomic mass is 10.1. The molecule has 7 heteroatoms. The van der Waals surface area contributed by atoms with Crippen LogP contribution in [0.2, 0.25) is 0 Å². The Kier molecular flexibility index (Phi) is 7.09. The van der Waals surface area contributed by atoms with Crippen molar-refractivity contribution in [2.24, 2.45) is 0 Å². The van der Waals surface area contributed by atoms with Gasteiger partial charge >= 0.3 is 0 Å². The van der Waals surface area contributed by atoms with Crippen LogP contribution < -0.4 is 10.2 Å². The molecule has 0 aliphatic carbocycles. The second kappa shape index (κ2) is 10.4. The van der Waals surface area contributed by atoms with Crippen molar-refractivity contribution in [3.63, 3.8) is 0 Å². The molecule has 34 heavy (non-hydrogen) atoms. The lowest BCUT2D eigenvalue weighted by Crippen LogP contribution is -2.32. The second-order valence-electron chi connectivity index (χ2n) is 7.91. The zero-order chi connectivity index (χ0) is 24.1. The van der Waals surface area contributed by atoms with Gasteiger partial charge in [-0.1, -0.05) is 71.9 Å². The number of anilines is 1. The first-order chi connectivity index (χ1) is 16.5. The van der Waals surface area contributed by atoms with Crippen molar-refractivity contribution in [1.82, 2.24) is 5.32 Å². The molecule has 1 unspecified atom stereocenters. The van der Waals surface area contributed by atoms with Crippen LogP contribution in [0.4, 0.5) is 10.1 Å². The summed E-state index contributed by atoms with van der Waals surface area (Å²) < 4.78 is 13.5. The summed E-state index contributed by atoms with van der Waals surface area (Å²) in [4.78, 5) is 27.8. The highest BCUT2D eigenvalue weighted by atomic mass is 32.2. The molecule has 2 amide bonds. The third kappa shape index (κ3) is 5.19. The average molecular weight is 472 g/mol. The number of aryl methyl sites for hydroxylation is 1. The molecular formula is C27H22FN3O2S. The van der Waals surface area contributed by atoms with Gasteiger partial charge in [0, 0.05) is 12.2 Å². The van der Waals surface area contributed by atoms with Gasteiger partial charge in [-0.15, -0.1) is 0 Å². The van der Waals surface area contributed by atoms with E-state index in [2.05, 4.69) is 5.32 Å². The van der Waals surface area contributed by atoms with E-state index in [1.165, 1.54) is 40.9 Å². The van der Waals surface area contributed by atoms with Gasteiger partial charge in [0.25, 0.3) is 5.91 Å². The van der Waals surface area contributed by atoms with Crippen LogP contribution in [0.5, 0.6) is 0 Å². The van der Waals surface area contributed by atoms with Gasteiger partial charge in [0.15, 0.2) is 0 Å². The fourth-order valence-electron chi connectivity index (χ4n) is 3.73. The third-order valence-electron chi connectivity index (χ3n) is 5.39. The van der Waals surface area contributed by atoms with Crippen LogP contribution in [0.15, 0.2) is 89.5 Å². The summed E-state index contributed by atoms with van der Waals surface area (Å²) in [6.07, 6.45) is 0.441. The first-order valence-corrected chi connectivity index (χ1v) is 11.6. The molecule has 1 fully saturated rings. The molecule has 0 bridgehead atoms. The summed E-state index contributed by atoms with van der Waals surface area (Å²) >= 11 is 1.19. The van der Waals surface area contributed by atoms with Crippen molar-refractivity contribution < 1.29 is 14.0 Å². The van der Waals surface area contributed by atoms with Crippen molar-refractivity contribution in [3.8, 4) is 6.07 Å². The van der Waals surface area contributed by atoms with E-state index >= 15 is 0 Å². The molecule has 3 aromatic rings. The summed E-state index contributed by atoms with van der Waals surface area (Å²) in [6.45, 7) is 2.23. The first kappa shape index (κ1) is 23.3. The number of nitriles is 1. The predicted octanol–water partition coefficient (Wildman–Crippen LogP) is 4.88. The van der Waals surface area contributed by atoms with Gasteiger partial charge in [0.1, 0.15) is 22.5 Å². The molecule has 1 N–H and O–H groups in total. The number of carbonyl (C=O) groups is 2. The summed E-state index contributed by atoms with van der Waals surface area (Å²) in [5.74, 6) is -1.26. The maximum atomic E-state index is 13.5. The molecule has 1 aliphatic rings. The van der Waals surface area contributed by atoms with Gasteiger partial charge in [0.2, 0.25) is 5.91 Å². The highest BCUT2D eigenvalue weighted by Crippen LogP contribution is 2.42. The molecule has 1 saturated heterocycles. The Morgan fingerprint density at radius 1 is 1.06 bits per heavy atom. The highest BCUT2D eigenvalue weighted by molar-refractivity contribution is 8.05. The number of benzene rings is 3. The molecule has 3 aromatic carbocycles. The molecule has 0 radical (unpaired) electrons. The second-order valence-corrected chi connectivity index (χ2v) is 9.10. The van der Waals surface area contributed by atoms with Crippen LogP contribution in [-0.4, -0.2) is 17.1 Å². The van der Waals surface area contributed by atoms with Gasteiger partial charge < -0.3 is 5.32 Å². The minimum atomic E-state index is -0.565. The molecule has 170 valence electrons. The molecule has 1 heterocycles. The van der Waals surface area contributed by atoms with Crippen LogP contribution in [0.25, 0.3) is 0 Å². The van der Waals surface area contributed by atoms with Gasteiger partial charge in [-0.05, 0) is 48.7 Å². The molecular weight excluding hydrogens is 449 g/mol. The quantitative estimate of drug-likeness (QED) is 0.411. The number of rotatable bonds is 6. The highest BCUT2D eigenvalue weighted by Gasteiger charge is 2.40. The number of halogens is 1.